The summed E-state index contributed by atoms with van der Waals surface area (Å²) in [6, 6.07) is 5.43. The normalized spacial score (nSPS) is 18.7. The number of halogens is 8. The third-order valence-electron chi connectivity index (χ3n) is 6.67. The topological polar surface area (TPSA) is 72.0 Å². The molecule has 0 spiro atoms. The molecule has 2 aromatic carbocycles. The van der Waals surface area contributed by atoms with Crippen molar-refractivity contribution in [1.29, 1.82) is 0 Å². The molecule has 0 aromatic heterocycles. The van der Waals surface area contributed by atoms with E-state index in [1.165, 1.54) is 6.07 Å². The smallest absolute Gasteiger partial charge is 0.369 e. The van der Waals surface area contributed by atoms with Crippen LogP contribution in [0.5, 0.6) is 0 Å². The lowest BCUT2D eigenvalue weighted by atomic mass is 10.0. The fourth-order valence-corrected chi connectivity index (χ4v) is 4.95. The minimum Gasteiger partial charge on any atom is -0.369 e. The zero-order valence-electron chi connectivity index (χ0n) is 22.1. The van der Waals surface area contributed by atoms with Gasteiger partial charge in [0.05, 0.1) is 40.4 Å². The minimum absolute atomic E-state index is 0.00764. The summed E-state index contributed by atoms with van der Waals surface area (Å²) in [5.74, 6) is -0.315. The second kappa shape index (κ2) is 13.6. The molecule has 0 radical (unpaired) electrons. The SMILES string of the molecule is O=C(CN1CCN(C[C@H]2N=CC=CN2)C1)NC(CNCc1cc(C(F)(F)F)cc(C(F)(F)F)c1)c1ccc(Cl)c(Cl)c1. The monoisotopic (exact) mass is 636 g/mol. The molecule has 15 heteroatoms. The van der Waals surface area contributed by atoms with Crippen LogP contribution >= 0.6 is 23.2 Å². The lowest BCUT2D eigenvalue weighted by molar-refractivity contribution is -0.143. The number of benzene rings is 2. The van der Waals surface area contributed by atoms with Crippen molar-refractivity contribution in [2.75, 3.05) is 39.4 Å². The summed E-state index contributed by atoms with van der Waals surface area (Å²) in [5, 5.41) is 9.42. The molecular weight excluding hydrogens is 609 g/mol. The molecule has 2 heterocycles. The summed E-state index contributed by atoms with van der Waals surface area (Å²) >= 11 is 12.2. The van der Waals surface area contributed by atoms with E-state index in [0.29, 0.717) is 37.5 Å². The van der Waals surface area contributed by atoms with E-state index in [1.54, 1.807) is 24.4 Å². The zero-order chi connectivity index (χ0) is 30.5. The number of alkyl halides is 6. The number of aliphatic imine (C=N–C) groups is 1. The van der Waals surface area contributed by atoms with E-state index >= 15 is 0 Å². The standard InChI is InChI=1S/C27H28Cl2F6N6O/c28-21-3-2-18(10-22(21)29)23(13-36-12-17-8-19(26(30,31)32)11-20(9-17)27(33,34)35)39-25(42)15-41-7-6-40(16-41)14-24-37-4-1-5-38-24/h1-5,8-11,23-24,36-37H,6-7,12-16H2,(H,39,42)/t23?,24-/m1/s1. The first-order valence-electron chi connectivity index (χ1n) is 12.9. The van der Waals surface area contributed by atoms with Crippen molar-refractivity contribution in [3.05, 3.63) is 81.0 Å². The summed E-state index contributed by atoms with van der Waals surface area (Å²) in [5.41, 5.74) is -2.44. The van der Waals surface area contributed by atoms with Crippen molar-refractivity contribution in [1.82, 2.24) is 25.8 Å². The van der Waals surface area contributed by atoms with Gasteiger partial charge in [-0.25, -0.2) is 0 Å². The fraction of sp³-hybridized carbons (Fsp3) is 0.407. The van der Waals surface area contributed by atoms with Crippen molar-refractivity contribution in [3.8, 4) is 0 Å². The maximum absolute atomic E-state index is 13.3. The molecule has 0 aliphatic carbocycles. The van der Waals surface area contributed by atoms with E-state index < -0.39 is 29.5 Å². The highest BCUT2D eigenvalue weighted by Crippen LogP contribution is 2.36. The van der Waals surface area contributed by atoms with Gasteiger partial charge in [0.2, 0.25) is 5.91 Å². The Bertz CT molecular complexity index is 1290. The van der Waals surface area contributed by atoms with Crippen molar-refractivity contribution >= 4 is 35.3 Å². The van der Waals surface area contributed by atoms with Crippen molar-refractivity contribution in [2.45, 2.75) is 31.1 Å². The Kier molecular flexibility index (Phi) is 10.4. The number of hydrogen-bond donors (Lipinski definition) is 3. The van der Waals surface area contributed by atoms with Crippen molar-refractivity contribution < 1.29 is 31.1 Å². The summed E-state index contributed by atoms with van der Waals surface area (Å²) in [7, 11) is 0. The van der Waals surface area contributed by atoms with Gasteiger partial charge in [0.1, 0.15) is 6.17 Å². The fourth-order valence-electron chi connectivity index (χ4n) is 4.64. The van der Waals surface area contributed by atoms with Gasteiger partial charge >= 0.3 is 12.4 Å². The molecule has 3 N–H and O–H groups in total. The number of nitrogens with one attached hydrogen (secondary N) is 3. The van der Waals surface area contributed by atoms with Crippen LogP contribution in [-0.4, -0.2) is 67.5 Å². The molecule has 1 unspecified atom stereocenters. The highest BCUT2D eigenvalue weighted by atomic mass is 35.5. The Labute approximate surface area is 248 Å². The van der Waals surface area contributed by atoms with Crippen LogP contribution in [0.1, 0.15) is 28.3 Å². The van der Waals surface area contributed by atoms with Gasteiger partial charge in [-0.3, -0.25) is 19.6 Å². The highest BCUT2D eigenvalue weighted by molar-refractivity contribution is 6.42. The molecule has 2 aromatic rings. The number of rotatable bonds is 10. The van der Waals surface area contributed by atoms with Gasteiger partial charge in [-0.1, -0.05) is 29.3 Å². The Morgan fingerprint density at radius 2 is 1.69 bits per heavy atom. The Hall–Kier alpha value is -2.84. The maximum atomic E-state index is 13.3. The molecule has 0 bridgehead atoms. The minimum atomic E-state index is -4.95. The molecule has 228 valence electrons. The number of carbonyl (C=O) groups excluding carboxylic acids is 1. The van der Waals surface area contributed by atoms with E-state index in [9.17, 15) is 31.1 Å². The van der Waals surface area contributed by atoms with Crippen LogP contribution in [0.3, 0.4) is 0 Å². The number of hydrogen-bond acceptors (Lipinski definition) is 6. The molecule has 4 rings (SSSR count). The van der Waals surface area contributed by atoms with E-state index in [0.717, 1.165) is 6.54 Å². The molecule has 2 atom stereocenters. The van der Waals surface area contributed by atoms with E-state index in [1.807, 2.05) is 11.1 Å². The Balaban J connectivity index is 1.40. The van der Waals surface area contributed by atoms with E-state index in [-0.39, 0.29) is 53.4 Å². The third-order valence-corrected chi connectivity index (χ3v) is 7.41. The van der Waals surface area contributed by atoms with Gasteiger partial charge in [-0.15, -0.1) is 0 Å². The van der Waals surface area contributed by atoms with Crippen LogP contribution in [0, 0.1) is 0 Å². The number of carbonyl (C=O) groups is 1. The van der Waals surface area contributed by atoms with Crippen molar-refractivity contribution in [3.63, 3.8) is 0 Å². The summed E-state index contributed by atoms with van der Waals surface area (Å²) < 4.78 is 79.5. The lowest BCUT2D eigenvalue weighted by Crippen LogP contribution is -2.42. The van der Waals surface area contributed by atoms with Gasteiger partial charge in [0, 0.05) is 38.9 Å². The summed E-state index contributed by atoms with van der Waals surface area (Å²) in [4.78, 5) is 21.5. The molecule has 1 amide bonds. The molecule has 2 aliphatic heterocycles. The Morgan fingerprint density at radius 1 is 1.00 bits per heavy atom. The van der Waals surface area contributed by atoms with Gasteiger partial charge in [-0.05, 0) is 53.7 Å². The lowest BCUT2D eigenvalue weighted by Gasteiger charge is -2.24. The van der Waals surface area contributed by atoms with Crippen LogP contribution < -0.4 is 16.0 Å². The first-order valence-corrected chi connectivity index (χ1v) is 13.7. The van der Waals surface area contributed by atoms with Crippen LogP contribution in [0.2, 0.25) is 10.0 Å². The molecular formula is C27H28Cl2F6N6O. The van der Waals surface area contributed by atoms with Crippen LogP contribution in [0.4, 0.5) is 26.3 Å². The number of allylic oxidation sites excluding steroid dienone is 1. The van der Waals surface area contributed by atoms with Crippen LogP contribution in [0.25, 0.3) is 0 Å². The number of amides is 1. The average Bonchev–Trinajstić information content (AvgIpc) is 3.35. The molecule has 0 saturated carbocycles. The van der Waals surface area contributed by atoms with Crippen molar-refractivity contribution in [2.24, 2.45) is 4.99 Å². The second-order valence-corrected chi connectivity index (χ2v) is 10.8. The Morgan fingerprint density at radius 3 is 2.31 bits per heavy atom. The first kappa shape index (κ1) is 32.1. The summed E-state index contributed by atoms with van der Waals surface area (Å²) in [6.07, 6.45) is -4.63. The molecule has 42 heavy (non-hydrogen) atoms. The summed E-state index contributed by atoms with van der Waals surface area (Å²) in [6.45, 7) is 2.39. The van der Waals surface area contributed by atoms with Gasteiger partial charge in [0.25, 0.3) is 0 Å². The quantitative estimate of drug-likeness (QED) is 0.318. The maximum Gasteiger partial charge on any atom is 0.416 e. The van der Waals surface area contributed by atoms with E-state index in [2.05, 4.69) is 25.8 Å². The van der Waals surface area contributed by atoms with E-state index in [4.69, 9.17) is 23.2 Å². The second-order valence-electron chi connectivity index (χ2n) is 9.95. The average molecular weight is 637 g/mol. The largest absolute Gasteiger partial charge is 0.416 e. The van der Waals surface area contributed by atoms with Crippen LogP contribution in [-0.2, 0) is 23.7 Å². The van der Waals surface area contributed by atoms with Gasteiger partial charge in [0.15, 0.2) is 0 Å². The van der Waals surface area contributed by atoms with Gasteiger partial charge in [-0.2, -0.15) is 26.3 Å². The van der Waals surface area contributed by atoms with Crippen LogP contribution in [0.15, 0.2) is 53.7 Å². The number of nitrogens with zero attached hydrogens (tertiary/aromatic N) is 3. The predicted octanol–water partition coefficient (Wildman–Crippen LogP) is 5.07. The molecule has 7 nitrogen and oxygen atoms in total. The molecule has 1 fully saturated rings. The molecule has 2 aliphatic rings. The predicted molar refractivity (Wildman–Crippen MR) is 148 cm³/mol. The zero-order valence-corrected chi connectivity index (χ0v) is 23.6. The molecule has 1 saturated heterocycles. The first-order chi connectivity index (χ1) is 19.8. The highest BCUT2D eigenvalue weighted by Gasteiger charge is 2.37. The third kappa shape index (κ3) is 9.08. The van der Waals surface area contributed by atoms with Gasteiger partial charge < -0.3 is 16.0 Å².